The quantitative estimate of drug-likeness (QED) is 0.220. The van der Waals surface area contributed by atoms with Crippen LogP contribution in [0.5, 0.6) is 11.5 Å². The molecule has 5 aromatic rings. The minimum absolute atomic E-state index is 0.0571. The Morgan fingerprint density at radius 2 is 1.90 bits per heavy atom. The first-order valence-corrected chi connectivity index (χ1v) is 12.7. The number of anilines is 1. The lowest BCUT2D eigenvalue weighted by molar-refractivity contribution is -0.117. The predicted octanol–water partition coefficient (Wildman–Crippen LogP) is 6.76. The Bertz CT molecular complexity index is 1780. The van der Waals surface area contributed by atoms with Crippen LogP contribution in [0.3, 0.4) is 0 Å². The van der Waals surface area contributed by atoms with Gasteiger partial charge >= 0.3 is 0 Å². The number of ketones is 1. The highest BCUT2D eigenvalue weighted by Crippen LogP contribution is 2.45. The second-order valence-corrected chi connectivity index (χ2v) is 9.46. The lowest BCUT2D eigenvalue weighted by Gasteiger charge is -2.26. The number of aliphatic hydroxyl groups excluding tert-OH is 1. The molecule has 0 spiro atoms. The van der Waals surface area contributed by atoms with E-state index in [0.717, 1.165) is 10.9 Å². The number of rotatable bonds is 7. The minimum atomic E-state index is -0.933. The molecule has 6 rings (SSSR count). The normalized spacial score (nSPS) is 15.5. The number of halogens is 1. The zero-order valence-corrected chi connectivity index (χ0v) is 21.8. The van der Waals surface area contributed by atoms with E-state index in [1.165, 1.54) is 18.1 Å². The summed E-state index contributed by atoms with van der Waals surface area (Å²) in [5.74, 6) is -1.03. The molecule has 8 nitrogen and oxygen atoms in total. The fourth-order valence-electron chi connectivity index (χ4n) is 5.07. The van der Waals surface area contributed by atoms with Gasteiger partial charge in [0.2, 0.25) is 5.78 Å². The second kappa shape index (κ2) is 9.56. The number of carbonyl (C=O) groups is 2. The predicted molar refractivity (Wildman–Crippen MR) is 148 cm³/mol. The Morgan fingerprint density at radius 3 is 2.64 bits per heavy atom. The summed E-state index contributed by atoms with van der Waals surface area (Å²) in [6.45, 7) is 2.38. The van der Waals surface area contributed by atoms with Gasteiger partial charge in [-0.15, -0.1) is 0 Å². The second-order valence-electron chi connectivity index (χ2n) is 9.02. The molecule has 0 saturated heterocycles. The number of benzene rings is 3. The molecular weight excluding hydrogens is 520 g/mol. The summed E-state index contributed by atoms with van der Waals surface area (Å²) < 4.78 is 16.8. The highest BCUT2D eigenvalue weighted by atomic mass is 35.5. The van der Waals surface area contributed by atoms with Crippen LogP contribution in [0.25, 0.3) is 21.9 Å². The van der Waals surface area contributed by atoms with Crippen molar-refractivity contribution in [1.29, 1.82) is 0 Å². The summed E-state index contributed by atoms with van der Waals surface area (Å²) in [5.41, 5.74) is 2.21. The lowest BCUT2D eigenvalue weighted by atomic mass is 9.94. The number of para-hydroxylation sites is 1. The van der Waals surface area contributed by atoms with Gasteiger partial charge in [0.15, 0.2) is 22.9 Å². The van der Waals surface area contributed by atoms with Crippen LogP contribution in [-0.4, -0.2) is 35.5 Å². The van der Waals surface area contributed by atoms with Gasteiger partial charge in [-0.2, -0.15) is 0 Å². The van der Waals surface area contributed by atoms with E-state index in [1.807, 2.05) is 31.2 Å². The topological polar surface area (TPSA) is 105 Å². The third kappa shape index (κ3) is 4.00. The van der Waals surface area contributed by atoms with Crippen molar-refractivity contribution < 1.29 is 28.6 Å². The van der Waals surface area contributed by atoms with Crippen LogP contribution < -0.4 is 14.4 Å². The number of Topliss-reactive ketones (excluding diaryl/α,β-unsaturated/α-hetero) is 1. The van der Waals surface area contributed by atoms with Crippen molar-refractivity contribution in [3.63, 3.8) is 0 Å². The molecule has 0 aliphatic carbocycles. The van der Waals surface area contributed by atoms with Crippen molar-refractivity contribution in [3.8, 4) is 11.5 Å². The first-order chi connectivity index (χ1) is 18.9. The summed E-state index contributed by atoms with van der Waals surface area (Å²) in [4.78, 5) is 32.2. The smallest absolute Gasteiger partial charge is 0.294 e. The molecule has 1 unspecified atom stereocenters. The number of nitrogens with zero attached hydrogens (tertiary/aromatic N) is 1. The van der Waals surface area contributed by atoms with Gasteiger partial charge in [0.25, 0.3) is 5.91 Å². The number of H-pyrrole nitrogens is 1. The molecule has 1 aliphatic rings. The van der Waals surface area contributed by atoms with Gasteiger partial charge in [-0.3, -0.25) is 14.5 Å². The third-order valence-corrected chi connectivity index (χ3v) is 7.00. The molecule has 1 atom stereocenters. The number of methoxy groups -OCH3 is 1. The van der Waals surface area contributed by atoms with Crippen molar-refractivity contribution in [2.24, 2.45) is 0 Å². The molecule has 2 aromatic heterocycles. The molecule has 9 heteroatoms. The molecule has 0 bridgehead atoms. The third-order valence-electron chi connectivity index (χ3n) is 6.79. The molecule has 39 heavy (non-hydrogen) atoms. The summed E-state index contributed by atoms with van der Waals surface area (Å²) in [7, 11) is 1.47. The SMILES string of the molecule is CCOc1ccc(N2C(=O)C(O)=C(C(=O)c3cc4cc(Cl)cc(OC)c4o3)C2c2c[nH]c3ccccc23)cc1. The number of aromatic amines is 1. The number of ether oxygens (including phenoxy) is 2. The first-order valence-electron chi connectivity index (χ1n) is 12.3. The maximum atomic E-state index is 14.0. The maximum absolute atomic E-state index is 14.0. The molecule has 0 saturated carbocycles. The van der Waals surface area contributed by atoms with Gasteiger partial charge in [-0.05, 0) is 49.4 Å². The van der Waals surface area contributed by atoms with Crippen molar-refractivity contribution in [3.05, 3.63) is 101 Å². The molecule has 3 heterocycles. The molecular formula is C30H23ClN2O6. The van der Waals surface area contributed by atoms with Crippen LogP contribution >= 0.6 is 11.6 Å². The Labute approximate surface area is 228 Å². The number of nitrogens with one attached hydrogen (secondary N) is 1. The number of aromatic nitrogens is 1. The number of carbonyl (C=O) groups excluding carboxylic acids is 2. The lowest BCUT2D eigenvalue weighted by Crippen LogP contribution is -2.30. The van der Waals surface area contributed by atoms with E-state index in [0.29, 0.717) is 45.3 Å². The van der Waals surface area contributed by atoms with Gasteiger partial charge in [0, 0.05) is 44.8 Å². The number of furan rings is 1. The standard InChI is InChI=1S/C30H23ClN2O6/c1-3-38-19-10-8-18(9-11-19)33-26(21-15-32-22-7-5-4-6-20(21)22)25(28(35)30(33)36)27(34)23-13-16-12-17(31)14-24(37-2)29(16)39-23/h4-15,26,32,35H,3H2,1-2H3. The highest BCUT2D eigenvalue weighted by Gasteiger charge is 2.46. The summed E-state index contributed by atoms with van der Waals surface area (Å²) in [5, 5.41) is 12.9. The Hall–Kier alpha value is -4.69. The molecule has 0 fully saturated rings. The van der Waals surface area contributed by atoms with Crippen molar-refractivity contribution in [1.82, 2.24) is 4.98 Å². The van der Waals surface area contributed by atoms with Crippen LogP contribution in [0.15, 0.2) is 88.7 Å². The maximum Gasteiger partial charge on any atom is 0.294 e. The molecule has 2 N–H and O–H groups in total. The van der Waals surface area contributed by atoms with Crippen molar-refractivity contribution in [2.75, 3.05) is 18.6 Å². The average molecular weight is 543 g/mol. The van der Waals surface area contributed by atoms with Gasteiger partial charge < -0.3 is 24.0 Å². The summed E-state index contributed by atoms with van der Waals surface area (Å²) in [6, 6.07) is 18.3. The van der Waals surface area contributed by atoms with E-state index in [1.54, 1.807) is 42.6 Å². The van der Waals surface area contributed by atoms with Crippen LogP contribution in [-0.2, 0) is 4.79 Å². The summed E-state index contributed by atoms with van der Waals surface area (Å²) >= 11 is 6.21. The van der Waals surface area contributed by atoms with E-state index in [9.17, 15) is 14.7 Å². The number of hydrogen-bond donors (Lipinski definition) is 2. The Morgan fingerprint density at radius 1 is 1.13 bits per heavy atom. The van der Waals surface area contributed by atoms with E-state index < -0.39 is 23.5 Å². The van der Waals surface area contributed by atoms with Gasteiger partial charge in [0.05, 0.1) is 25.3 Å². The van der Waals surface area contributed by atoms with Crippen LogP contribution in [0.1, 0.15) is 29.1 Å². The largest absolute Gasteiger partial charge is 0.503 e. The zero-order chi connectivity index (χ0) is 27.3. The average Bonchev–Trinajstić information content (AvgIpc) is 3.63. The van der Waals surface area contributed by atoms with Gasteiger partial charge in [0.1, 0.15) is 5.75 Å². The fourth-order valence-corrected chi connectivity index (χ4v) is 5.29. The van der Waals surface area contributed by atoms with Gasteiger partial charge in [-0.25, -0.2) is 0 Å². The van der Waals surface area contributed by atoms with Gasteiger partial charge in [-0.1, -0.05) is 29.8 Å². The molecule has 196 valence electrons. The highest BCUT2D eigenvalue weighted by molar-refractivity contribution is 6.31. The van der Waals surface area contributed by atoms with Crippen LogP contribution in [0.4, 0.5) is 5.69 Å². The van der Waals surface area contributed by atoms with E-state index in [2.05, 4.69) is 4.98 Å². The van der Waals surface area contributed by atoms with E-state index in [4.69, 9.17) is 25.5 Å². The molecule has 1 amide bonds. The minimum Gasteiger partial charge on any atom is -0.503 e. The van der Waals surface area contributed by atoms with Crippen LogP contribution in [0, 0.1) is 0 Å². The van der Waals surface area contributed by atoms with Crippen LogP contribution in [0.2, 0.25) is 5.02 Å². The van der Waals surface area contributed by atoms with E-state index >= 15 is 0 Å². The number of hydrogen-bond acceptors (Lipinski definition) is 6. The monoisotopic (exact) mass is 542 g/mol. The fraction of sp³-hybridized carbons (Fsp3) is 0.133. The Balaban J connectivity index is 1.51. The summed E-state index contributed by atoms with van der Waals surface area (Å²) in [6.07, 6.45) is 1.75. The van der Waals surface area contributed by atoms with E-state index in [-0.39, 0.29) is 11.3 Å². The first kappa shape index (κ1) is 24.6. The molecule has 3 aromatic carbocycles. The number of amides is 1. The molecule has 0 radical (unpaired) electrons. The Kier molecular flexibility index (Phi) is 6.04. The van der Waals surface area contributed by atoms with Crippen molar-refractivity contribution >= 4 is 50.9 Å². The number of fused-ring (bicyclic) bond motifs is 2. The van der Waals surface area contributed by atoms with Crippen molar-refractivity contribution in [2.45, 2.75) is 13.0 Å². The molecule has 1 aliphatic heterocycles. The zero-order valence-electron chi connectivity index (χ0n) is 21.0. The number of aliphatic hydroxyl groups is 1.